The lowest BCUT2D eigenvalue weighted by atomic mass is 10.2. The smallest absolute Gasteiger partial charge is 0.266 e. The van der Waals surface area contributed by atoms with Crippen molar-refractivity contribution in [3.8, 4) is 5.88 Å². The monoisotopic (exact) mass is 266 g/mol. The fourth-order valence-electron chi connectivity index (χ4n) is 1.04. The standard InChI is InChI=1S/C8H9BrF2N2O/c1-14-8-4(2-12)6(9)5(3-13-8)7(10)11/h3,7H,2,12H2,1H3. The highest BCUT2D eigenvalue weighted by Crippen LogP contribution is 2.33. The van der Waals surface area contributed by atoms with Gasteiger partial charge in [0.25, 0.3) is 6.43 Å². The first kappa shape index (κ1) is 11.3. The zero-order chi connectivity index (χ0) is 10.7. The van der Waals surface area contributed by atoms with Crippen LogP contribution in [0, 0.1) is 0 Å². The fraction of sp³-hybridized carbons (Fsp3) is 0.375. The van der Waals surface area contributed by atoms with E-state index in [9.17, 15) is 8.78 Å². The number of hydrogen-bond donors (Lipinski definition) is 1. The van der Waals surface area contributed by atoms with Gasteiger partial charge in [0.15, 0.2) is 0 Å². The summed E-state index contributed by atoms with van der Waals surface area (Å²) in [7, 11) is 1.41. The van der Waals surface area contributed by atoms with Crippen LogP contribution in [0.15, 0.2) is 10.7 Å². The zero-order valence-electron chi connectivity index (χ0n) is 7.43. The highest BCUT2D eigenvalue weighted by molar-refractivity contribution is 9.10. The fourth-order valence-corrected chi connectivity index (χ4v) is 1.64. The normalized spacial score (nSPS) is 10.7. The lowest BCUT2D eigenvalue weighted by molar-refractivity contribution is 0.149. The van der Waals surface area contributed by atoms with E-state index >= 15 is 0 Å². The SMILES string of the molecule is COc1ncc(C(F)F)c(Br)c1CN. The molecule has 1 rings (SSSR count). The van der Waals surface area contributed by atoms with Gasteiger partial charge >= 0.3 is 0 Å². The van der Waals surface area contributed by atoms with Crippen molar-refractivity contribution in [2.24, 2.45) is 5.73 Å². The number of nitrogens with two attached hydrogens (primary N) is 1. The van der Waals surface area contributed by atoms with Crippen molar-refractivity contribution >= 4 is 15.9 Å². The second-order valence-electron chi connectivity index (χ2n) is 2.52. The van der Waals surface area contributed by atoms with Gasteiger partial charge in [-0.05, 0) is 15.9 Å². The minimum Gasteiger partial charge on any atom is -0.481 e. The third kappa shape index (κ3) is 2.01. The maximum atomic E-state index is 12.4. The molecule has 0 aliphatic rings. The van der Waals surface area contributed by atoms with Crippen molar-refractivity contribution in [2.75, 3.05) is 7.11 Å². The highest BCUT2D eigenvalue weighted by Gasteiger charge is 2.18. The summed E-state index contributed by atoms with van der Waals surface area (Å²) in [6.45, 7) is 0.0946. The molecule has 78 valence electrons. The van der Waals surface area contributed by atoms with Crippen LogP contribution in [0.2, 0.25) is 0 Å². The number of alkyl halides is 2. The summed E-state index contributed by atoms with van der Waals surface area (Å²) in [5.74, 6) is 0.267. The van der Waals surface area contributed by atoms with Gasteiger partial charge < -0.3 is 10.5 Å². The molecule has 0 bridgehead atoms. The molecule has 0 atom stereocenters. The van der Waals surface area contributed by atoms with Gasteiger partial charge in [-0.25, -0.2) is 13.8 Å². The first-order valence-corrected chi connectivity index (χ1v) is 4.60. The molecule has 0 spiro atoms. The van der Waals surface area contributed by atoms with E-state index in [0.717, 1.165) is 6.20 Å². The number of nitrogens with zero attached hydrogens (tertiary/aromatic N) is 1. The lowest BCUT2D eigenvalue weighted by Gasteiger charge is -2.10. The van der Waals surface area contributed by atoms with Gasteiger partial charge in [0, 0.05) is 22.8 Å². The molecule has 3 nitrogen and oxygen atoms in total. The third-order valence-corrected chi connectivity index (χ3v) is 2.67. The summed E-state index contributed by atoms with van der Waals surface area (Å²) < 4.78 is 30.0. The topological polar surface area (TPSA) is 48.1 Å². The Balaban J connectivity index is 3.27. The van der Waals surface area contributed by atoms with Crippen molar-refractivity contribution in [1.82, 2.24) is 4.98 Å². The summed E-state index contributed by atoms with van der Waals surface area (Å²) in [6, 6.07) is 0. The predicted octanol–water partition coefficient (Wildman–Crippen LogP) is 2.25. The predicted molar refractivity (Wildman–Crippen MR) is 51.3 cm³/mol. The molecule has 0 aliphatic heterocycles. The Hall–Kier alpha value is -0.750. The first-order valence-electron chi connectivity index (χ1n) is 3.81. The first-order chi connectivity index (χ1) is 6.61. The third-order valence-electron chi connectivity index (χ3n) is 1.73. The van der Waals surface area contributed by atoms with E-state index in [4.69, 9.17) is 10.5 Å². The molecule has 1 heterocycles. The van der Waals surface area contributed by atoms with Gasteiger partial charge in [-0.1, -0.05) is 0 Å². The number of ether oxygens (including phenoxy) is 1. The van der Waals surface area contributed by atoms with E-state index in [-0.39, 0.29) is 22.5 Å². The zero-order valence-corrected chi connectivity index (χ0v) is 9.01. The highest BCUT2D eigenvalue weighted by atomic mass is 79.9. The van der Waals surface area contributed by atoms with Crippen LogP contribution in [-0.2, 0) is 6.54 Å². The van der Waals surface area contributed by atoms with Gasteiger partial charge in [0.2, 0.25) is 5.88 Å². The molecule has 1 aromatic rings. The average Bonchev–Trinajstić information content (AvgIpc) is 2.16. The van der Waals surface area contributed by atoms with Crippen molar-refractivity contribution < 1.29 is 13.5 Å². The summed E-state index contributed by atoms with van der Waals surface area (Å²) in [5.41, 5.74) is 5.68. The molecule has 0 aromatic carbocycles. The van der Waals surface area contributed by atoms with Crippen molar-refractivity contribution in [3.05, 3.63) is 21.8 Å². The van der Waals surface area contributed by atoms with Gasteiger partial charge in [0.1, 0.15) is 0 Å². The van der Waals surface area contributed by atoms with E-state index in [2.05, 4.69) is 20.9 Å². The quantitative estimate of drug-likeness (QED) is 0.913. The number of halogens is 3. The molecular formula is C8H9BrF2N2O. The van der Waals surface area contributed by atoms with Crippen LogP contribution in [0.25, 0.3) is 0 Å². The van der Waals surface area contributed by atoms with Gasteiger partial charge in [-0.2, -0.15) is 0 Å². The Morgan fingerprint density at radius 3 is 2.71 bits per heavy atom. The van der Waals surface area contributed by atoms with Gasteiger partial charge in [-0.3, -0.25) is 0 Å². The Bertz CT molecular complexity index is 333. The van der Waals surface area contributed by atoms with E-state index < -0.39 is 6.43 Å². The molecule has 0 saturated heterocycles. The van der Waals surface area contributed by atoms with Crippen LogP contribution >= 0.6 is 15.9 Å². The minimum atomic E-state index is -2.58. The van der Waals surface area contributed by atoms with Crippen LogP contribution in [-0.4, -0.2) is 12.1 Å². The maximum Gasteiger partial charge on any atom is 0.266 e. The van der Waals surface area contributed by atoms with E-state index in [1.165, 1.54) is 7.11 Å². The Morgan fingerprint density at radius 2 is 2.29 bits per heavy atom. The lowest BCUT2D eigenvalue weighted by Crippen LogP contribution is -2.05. The van der Waals surface area contributed by atoms with Crippen LogP contribution in [0.4, 0.5) is 8.78 Å². The Morgan fingerprint density at radius 1 is 1.64 bits per heavy atom. The second-order valence-corrected chi connectivity index (χ2v) is 3.31. The summed E-state index contributed by atoms with van der Waals surface area (Å²) in [6.07, 6.45) is -1.50. The molecule has 0 amide bonds. The number of hydrogen-bond acceptors (Lipinski definition) is 3. The van der Waals surface area contributed by atoms with Crippen molar-refractivity contribution in [3.63, 3.8) is 0 Å². The molecule has 0 aliphatic carbocycles. The molecule has 2 N–H and O–H groups in total. The van der Waals surface area contributed by atoms with Crippen LogP contribution in [0.1, 0.15) is 17.6 Å². The Kier molecular flexibility index (Phi) is 3.77. The molecule has 0 fully saturated rings. The molecule has 0 unspecified atom stereocenters. The van der Waals surface area contributed by atoms with Crippen molar-refractivity contribution in [2.45, 2.75) is 13.0 Å². The van der Waals surface area contributed by atoms with Gasteiger partial charge in [-0.15, -0.1) is 0 Å². The summed E-state index contributed by atoms with van der Waals surface area (Å²) >= 11 is 3.05. The van der Waals surface area contributed by atoms with E-state index in [1.807, 2.05) is 0 Å². The number of methoxy groups -OCH3 is 1. The van der Waals surface area contributed by atoms with Crippen molar-refractivity contribution in [1.29, 1.82) is 0 Å². The van der Waals surface area contributed by atoms with E-state index in [1.54, 1.807) is 0 Å². The van der Waals surface area contributed by atoms with E-state index in [0.29, 0.717) is 5.56 Å². The average molecular weight is 267 g/mol. The summed E-state index contributed by atoms with van der Waals surface area (Å²) in [4.78, 5) is 3.74. The molecule has 0 radical (unpaired) electrons. The second kappa shape index (κ2) is 4.65. The molecular weight excluding hydrogens is 258 g/mol. The Labute approximate surface area is 88.4 Å². The number of aromatic nitrogens is 1. The van der Waals surface area contributed by atoms with Crippen LogP contribution in [0.3, 0.4) is 0 Å². The molecule has 0 saturated carbocycles. The largest absolute Gasteiger partial charge is 0.481 e. The molecule has 14 heavy (non-hydrogen) atoms. The number of pyridine rings is 1. The van der Waals surface area contributed by atoms with Gasteiger partial charge in [0.05, 0.1) is 12.7 Å². The van der Waals surface area contributed by atoms with Crippen LogP contribution < -0.4 is 10.5 Å². The summed E-state index contributed by atoms with van der Waals surface area (Å²) in [5, 5.41) is 0. The molecule has 1 aromatic heterocycles. The maximum absolute atomic E-state index is 12.4. The minimum absolute atomic E-state index is 0.0946. The van der Waals surface area contributed by atoms with Crippen LogP contribution in [0.5, 0.6) is 5.88 Å². The molecule has 6 heteroatoms. The number of rotatable bonds is 3.